The predicted molar refractivity (Wildman–Crippen MR) is 72.7 cm³/mol. The monoisotopic (exact) mass is 307 g/mol. The minimum atomic E-state index is -1.17. The fraction of sp³-hybridized carbons (Fsp3) is 0.357. The summed E-state index contributed by atoms with van der Waals surface area (Å²) in [6.07, 6.45) is -0.0728. The Labute approximate surface area is 126 Å². The van der Waals surface area contributed by atoms with Crippen molar-refractivity contribution in [2.75, 3.05) is 21.3 Å². The first-order valence-electron chi connectivity index (χ1n) is 6.41. The number of ether oxygens (including phenoxy) is 3. The molecule has 2 aromatic rings. The van der Waals surface area contributed by atoms with E-state index in [0.29, 0.717) is 28.6 Å². The largest absolute Gasteiger partial charge is 0.550 e. The van der Waals surface area contributed by atoms with Crippen LogP contribution in [0, 0.1) is 0 Å². The zero-order valence-electron chi connectivity index (χ0n) is 12.4. The smallest absolute Gasteiger partial charge is 0.227 e. The first kappa shape index (κ1) is 15.6. The molecule has 0 N–H and O–H groups in total. The van der Waals surface area contributed by atoms with Crippen LogP contribution in [0.1, 0.15) is 12.3 Å². The summed E-state index contributed by atoms with van der Waals surface area (Å²) >= 11 is 0. The van der Waals surface area contributed by atoms with Crippen molar-refractivity contribution in [2.24, 2.45) is 0 Å². The molecule has 0 aliphatic heterocycles. The second-order valence-corrected chi connectivity index (χ2v) is 4.30. The van der Waals surface area contributed by atoms with E-state index in [1.54, 1.807) is 12.1 Å². The molecule has 8 heteroatoms. The van der Waals surface area contributed by atoms with Gasteiger partial charge < -0.3 is 28.6 Å². The van der Waals surface area contributed by atoms with E-state index < -0.39 is 5.97 Å². The minimum Gasteiger partial charge on any atom is -0.550 e. The van der Waals surface area contributed by atoms with Gasteiger partial charge in [-0.15, -0.1) is 0 Å². The molecule has 118 valence electrons. The van der Waals surface area contributed by atoms with Gasteiger partial charge >= 0.3 is 0 Å². The van der Waals surface area contributed by atoms with Crippen molar-refractivity contribution >= 4 is 5.97 Å². The number of carbonyl (C=O) groups excluding carboxylic acids is 1. The Morgan fingerprint density at radius 1 is 1.18 bits per heavy atom. The lowest BCUT2D eigenvalue weighted by Crippen LogP contribution is -2.22. The van der Waals surface area contributed by atoms with Crippen LogP contribution < -0.4 is 19.3 Å². The highest BCUT2D eigenvalue weighted by Gasteiger charge is 2.17. The average Bonchev–Trinajstić information content (AvgIpc) is 3.00. The molecular weight excluding hydrogens is 292 g/mol. The molecule has 22 heavy (non-hydrogen) atoms. The average molecular weight is 307 g/mol. The lowest BCUT2D eigenvalue weighted by atomic mass is 10.1. The van der Waals surface area contributed by atoms with Gasteiger partial charge in [0.05, 0.1) is 21.3 Å². The number of aliphatic carboxylic acids is 1. The van der Waals surface area contributed by atoms with E-state index in [0.717, 1.165) is 0 Å². The van der Waals surface area contributed by atoms with Gasteiger partial charge in [0.2, 0.25) is 17.5 Å². The molecule has 1 aromatic heterocycles. The van der Waals surface area contributed by atoms with Crippen LogP contribution in [0.25, 0.3) is 11.4 Å². The fourth-order valence-electron chi connectivity index (χ4n) is 1.89. The number of carbonyl (C=O) groups is 1. The molecule has 1 heterocycles. The molecule has 0 unspecified atom stereocenters. The maximum absolute atomic E-state index is 10.4. The summed E-state index contributed by atoms with van der Waals surface area (Å²) in [7, 11) is 4.51. The number of methoxy groups -OCH3 is 3. The number of aromatic nitrogens is 2. The van der Waals surface area contributed by atoms with Crippen molar-refractivity contribution in [1.29, 1.82) is 0 Å². The summed E-state index contributed by atoms with van der Waals surface area (Å²) < 4.78 is 20.7. The van der Waals surface area contributed by atoms with E-state index >= 15 is 0 Å². The van der Waals surface area contributed by atoms with Crippen LogP contribution in [0.3, 0.4) is 0 Å². The summed E-state index contributed by atoms with van der Waals surface area (Å²) in [5.41, 5.74) is 0.595. The highest BCUT2D eigenvalue weighted by atomic mass is 16.5. The number of aryl methyl sites for hydroxylation is 1. The Hall–Kier alpha value is -2.77. The van der Waals surface area contributed by atoms with E-state index in [-0.39, 0.29) is 18.7 Å². The Morgan fingerprint density at radius 3 is 2.32 bits per heavy atom. The zero-order valence-corrected chi connectivity index (χ0v) is 12.4. The number of nitrogens with zero attached hydrogens (tertiary/aromatic N) is 2. The van der Waals surface area contributed by atoms with E-state index in [1.165, 1.54) is 21.3 Å². The third-order valence-corrected chi connectivity index (χ3v) is 2.93. The van der Waals surface area contributed by atoms with Gasteiger partial charge in [0.1, 0.15) is 0 Å². The first-order valence-corrected chi connectivity index (χ1v) is 6.41. The van der Waals surface area contributed by atoms with Crippen molar-refractivity contribution in [3.63, 3.8) is 0 Å². The molecule has 0 aliphatic carbocycles. The fourth-order valence-corrected chi connectivity index (χ4v) is 1.89. The van der Waals surface area contributed by atoms with Gasteiger partial charge in [-0.3, -0.25) is 0 Å². The number of carboxylic acids is 1. The van der Waals surface area contributed by atoms with Crippen LogP contribution in [-0.4, -0.2) is 37.4 Å². The number of rotatable bonds is 7. The molecule has 0 atom stereocenters. The lowest BCUT2D eigenvalue weighted by Gasteiger charge is -2.12. The molecule has 0 saturated carbocycles. The number of hydrogen-bond donors (Lipinski definition) is 0. The Balaban J connectivity index is 2.34. The van der Waals surface area contributed by atoms with Gasteiger partial charge in [-0.1, -0.05) is 5.16 Å². The summed E-state index contributed by atoms with van der Waals surface area (Å²) in [5.74, 6) is 0.707. The molecule has 8 nitrogen and oxygen atoms in total. The number of hydrogen-bond acceptors (Lipinski definition) is 8. The van der Waals surface area contributed by atoms with Crippen LogP contribution in [0.15, 0.2) is 16.7 Å². The SMILES string of the molecule is COc1cc(-c2noc(CCC(=O)[O-])n2)cc(OC)c1OC. The molecule has 0 aliphatic rings. The van der Waals surface area contributed by atoms with E-state index in [4.69, 9.17) is 18.7 Å². The molecule has 2 rings (SSSR count). The van der Waals surface area contributed by atoms with Crippen molar-refractivity contribution in [2.45, 2.75) is 12.8 Å². The first-order chi connectivity index (χ1) is 10.6. The van der Waals surface area contributed by atoms with Crippen molar-refractivity contribution in [3.05, 3.63) is 18.0 Å². The lowest BCUT2D eigenvalue weighted by molar-refractivity contribution is -0.305. The van der Waals surface area contributed by atoms with Gasteiger partial charge in [0.15, 0.2) is 11.5 Å². The van der Waals surface area contributed by atoms with E-state index in [9.17, 15) is 9.90 Å². The number of benzene rings is 1. The molecule has 0 radical (unpaired) electrons. The normalized spacial score (nSPS) is 10.3. The van der Waals surface area contributed by atoms with Crippen molar-refractivity contribution in [1.82, 2.24) is 10.1 Å². The quantitative estimate of drug-likeness (QED) is 0.725. The minimum absolute atomic E-state index is 0.111. The Bertz CT molecular complexity index is 642. The number of carboxylic acid groups (broad SMARTS) is 1. The van der Waals surface area contributed by atoms with Gasteiger partial charge in [0, 0.05) is 18.0 Å². The van der Waals surface area contributed by atoms with E-state index in [2.05, 4.69) is 10.1 Å². The van der Waals surface area contributed by atoms with Gasteiger partial charge in [-0.2, -0.15) is 4.98 Å². The highest BCUT2D eigenvalue weighted by molar-refractivity contribution is 5.66. The van der Waals surface area contributed by atoms with Crippen LogP contribution in [0.2, 0.25) is 0 Å². The van der Waals surface area contributed by atoms with Gasteiger partial charge in [-0.05, 0) is 18.6 Å². The summed E-state index contributed by atoms with van der Waals surface area (Å²) in [6.45, 7) is 0. The predicted octanol–water partition coefficient (Wildman–Crippen LogP) is 0.445. The van der Waals surface area contributed by atoms with E-state index in [1.807, 2.05) is 0 Å². The third-order valence-electron chi connectivity index (χ3n) is 2.93. The zero-order chi connectivity index (χ0) is 16.1. The van der Waals surface area contributed by atoms with Crippen molar-refractivity contribution < 1.29 is 28.6 Å². The molecule has 0 saturated heterocycles. The van der Waals surface area contributed by atoms with Crippen LogP contribution >= 0.6 is 0 Å². The third kappa shape index (κ3) is 3.27. The highest BCUT2D eigenvalue weighted by Crippen LogP contribution is 2.40. The molecule has 0 bridgehead atoms. The van der Waals surface area contributed by atoms with Crippen LogP contribution in [0.5, 0.6) is 17.2 Å². The molecular formula is C14H15N2O6-. The molecule has 1 aromatic carbocycles. The molecule has 0 spiro atoms. The van der Waals surface area contributed by atoms with Crippen LogP contribution in [0.4, 0.5) is 0 Å². The molecule has 0 fully saturated rings. The van der Waals surface area contributed by atoms with Gasteiger partial charge in [-0.25, -0.2) is 0 Å². The maximum Gasteiger partial charge on any atom is 0.227 e. The topological polar surface area (TPSA) is 107 Å². The summed E-state index contributed by atoms with van der Waals surface area (Å²) in [6, 6.07) is 3.35. The summed E-state index contributed by atoms with van der Waals surface area (Å²) in [4.78, 5) is 14.6. The summed E-state index contributed by atoms with van der Waals surface area (Å²) in [5, 5.41) is 14.3. The Morgan fingerprint density at radius 2 is 1.82 bits per heavy atom. The van der Waals surface area contributed by atoms with Crippen molar-refractivity contribution in [3.8, 4) is 28.6 Å². The molecule has 0 amide bonds. The van der Waals surface area contributed by atoms with Gasteiger partial charge in [0.25, 0.3) is 0 Å². The maximum atomic E-state index is 10.4. The van der Waals surface area contributed by atoms with Crippen LogP contribution in [-0.2, 0) is 11.2 Å². The standard InChI is InChI=1S/C14H16N2O6/c1-19-9-6-8(7-10(20-2)13(9)21-3)14-15-11(22-16-14)4-5-12(17)18/h6-7H,4-5H2,1-3H3,(H,17,18)/p-1. The second-order valence-electron chi connectivity index (χ2n) is 4.30. The Kier molecular flexibility index (Phi) is 4.82. The second kappa shape index (κ2) is 6.79.